The molecular weight excluding hydrogens is 678 g/mol. The molecule has 0 amide bonds. The average molecular weight is 720 g/mol. The van der Waals surface area contributed by atoms with Gasteiger partial charge in [0, 0.05) is 0 Å². The SMILES string of the molecule is Cc1ccc(N2CCN(c3c(C)cc(C)cc3C)[C]2=[Ru]([Cl])([Cl])=[CH]c2cc(S(=O)(=O)N(C)C)ccc2OC(C)C)c(C)c1. The van der Waals surface area contributed by atoms with Crippen molar-refractivity contribution < 1.29 is 25.0 Å². The van der Waals surface area contributed by atoms with Crippen LogP contribution in [0.2, 0.25) is 0 Å². The predicted octanol–water partition coefficient (Wildman–Crippen LogP) is 6.99. The van der Waals surface area contributed by atoms with E-state index in [1.54, 1.807) is 18.2 Å². The summed E-state index contributed by atoms with van der Waals surface area (Å²) < 4.78 is 36.2. The molecule has 0 unspecified atom stereocenters. The maximum absolute atomic E-state index is 13.1. The van der Waals surface area contributed by atoms with Crippen molar-refractivity contribution in [3.63, 3.8) is 0 Å². The number of benzene rings is 3. The molecule has 0 atom stereocenters. The summed E-state index contributed by atoms with van der Waals surface area (Å²) in [5, 5.41) is 0. The van der Waals surface area contributed by atoms with Gasteiger partial charge in [0.05, 0.1) is 0 Å². The van der Waals surface area contributed by atoms with Crippen LogP contribution < -0.4 is 14.5 Å². The van der Waals surface area contributed by atoms with Gasteiger partial charge in [0.15, 0.2) is 0 Å². The van der Waals surface area contributed by atoms with E-state index in [1.807, 2.05) is 18.5 Å². The van der Waals surface area contributed by atoms with Gasteiger partial charge in [-0.05, 0) is 0 Å². The molecule has 3 aromatic rings. The average Bonchev–Trinajstić information content (AvgIpc) is 3.29. The predicted molar refractivity (Wildman–Crippen MR) is 176 cm³/mol. The maximum atomic E-state index is 13.1. The molecule has 1 heterocycles. The first-order valence-electron chi connectivity index (χ1n) is 13.8. The zero-order valence-electron chi connectivity index (χ0n) is 25.8. The number of nitrogens with zero attached hydrogens (tertiary/aromatic N) is 3. The molecule has 4 rings (SSSR count). The first kappa shape index (κ1) is 32.8. The Kier molecular flexibility index (Phi) is 9.76. The van der Waals surface area contributed by atoms with Gasteiger partial charge in [0.25, 0.3) is 0 Å². The normalized spacial score (nSPS) is 14.7. The first-order chi connectivity index (χ1) is 19.5. The number of ether oxygens (including phenoxy) is 1. The molecule has 0 radical (unpaired) electrons. The van der Waals surface area contributed by atoms with Crippen LogP contribution in [0, 0.1) is 34.6 Å². The standard InChI is InChI=1S/C20H24N2.C12H17NO3S.2ClH.Ru/c1-14-6-7-19(16(3)10-14)21-8-9-22(13-21)20-17(4)11-15(2)12-18(20)5;1-9(2)16-12-7-6-11(8-10(12)3)17(14,15)13(4)5;;;/h6-7,10-12H,8-9H2,1-5H3;3,6-9H,1-2,4-5H3;2*1H;/q;;;;+2/p-2. The fourth-order valence-electron chi connectivity index (χ4n) is 5.43. The van der Waals surface area contributed by atoms with Gasteiger partial charge < -0.3 is 0 Å². The van der Waals surface area contributed by atoms with E-state index in [0.29, 0.717) is 24.4 Å². The van der Waals surface area contributed by atoms with Gasteiger partial charge in [-0.15, -0.1) is 0 Å². The van der Waals surface area contributed by atoms with Gasteiger partial charge in [0.2, 0.25) is 0 Å². The van der Waals surface area contributed by atoms with Gasteiger partial charge in [-0.2, -0.15) is 0 Å². The van der Waals surface area contributed by atoms with Crippen LogP contribution in [0.1, 0.15) is 47.2 Å². The Bertz CT molecular complexity index is 1730. The molecular formula is C32H41Cl2N3O3RuS. The van der Waals surface area contributed by atoms with Crippen molar-refractivity contribution in [2.24, 2.45) is 0 Å². The summed E-state index contributed by atoms with van der Waals surface area (Å²) in [5.74, 6) is 0.542. The van der Waals surface area contributed by atoms with Crippen molar-refractivity contribution in [2.45, 2.75) is 59.5 Å². The van der Waals surface area contributed by atoms with Crippen LogP contribution in [-0.2, 0) is 21.9 Å². The van der Waals surface area contributed by atoms with E-state index < -0.39 is 21.9 Å². The summed E-state index contributed by atoms with van der Waals surface area (Å²) in [6.07, 6.45) is -0.126. The topological polar surface area (TPSA) is 53.1 Å². The first-order valence-corrected chi connectivity index (χ1v) is 21.6. The molecule has 0 aromatic heterocycles. The molecule has 10 heteroatoms. The van der Waals surface area contributed by atoms with E-state index in [4.69, 9.17) is 24.1 Å². The number of aryl methyl sites for hydroxylation is 5. The van der Waals surface area contributed by atoms with Crippen LogP contribution in [0.25, 0.3) is 0 Å². The molecule has 42 heavy (non-hydrogen) atoms. The second kappa shape index (κ2) is 12.5. The molecule has 0 bridgehead atoms. The number of sulfonamides is 1. The van der Waals surface area contributed by atoms with Gasteiger partial charge in [-0.25, -0.2) is 0 Å². The molecule has 0 N–H and O–H groups in total. The van der Waals surface area contributed by atoms with E-state index in [2.05, 4.69) is 74.8 Å². The van der Waals surface area contributed by atoms with Crippen LogP contribution in [-0.4, -0.2) is 55.0 Å². The summed E-state index contributed by atoms with van der Waals surface area (Å²) in [7, 11) is 14.5. The van der Waals surface area contributed by atoms with Gasteiger partial charge in [-0.3, -0.25) is 0 Å². The molecule has 0 saturated carbocycles. The quantitative estimate of drug-likeness (QED) is 0.247. The molecule has 3 aromatic carbocycles. The Morgan fingerprint density at radius 2 is 1.45 bits per heavy atom. The number of hydrogen-bond acceptors (Lipinski definition) is 5. The molecule has 6 nitrogen and oxygen atoms in total. The van der Waals surface area contributed by atoms with E-state index in [9.17, 15) is 8.42 Å². The minimum atomic E-state index is -3.92. The molecule has 0 aliphatic carbocycles. The fourth-order valence-corrected chi connectivity index (χ4v) is 12.4. The Balaban J connectivity index is 2.08. The van der Waals surface area contributed by atoms with Crippen LogP contribution in [0.4, 0.5) is 11.4 Å². The fraction of sp³-hybridized carbons (Fsp3) is 0.375. The minimum absolute atomic E-state index is 0.126. The third-order valence-corrected chi connectivity index (χ3v) is 14.4. The molecule has 1 aliphatic heterocycles. The summed E-state index contributed by atoms with van der Waals surface area (Å²) in [6.45, 7) is 15.8. The Hall–Kier alpha value is -2.09. The summed E-state index contributed by atoms with van der Waals surface area (Å²) in [4.78, 5) is 4.68. The summed E-state index contributed by atoms with van der Waals surface area (Å²) in [5.41, 5.74) is 8.55. The van der Waals surface area contributed by atoms with E-state index in [-0.39, 0.29) is 11.0 Å². The monoisotopic (exact) mass is 719 g/mol. The van der Waals surface area contributed by atoms with Crippen molar-refractivity contribution in [1.82, 2.24) is 4.31 Å². The molecule has 230 valence electrons. The van der Waals surface area contributed by atoms with Gasteiger partial charge >= 0.3 is 263 Å². The van der Waals surface area contributed by atoms with Gasteiger partial charge in [-0.1, -0.05) is 0 Å². The third kappa shape index (κ3) is 6.68. The van der Waals surface area contributed by atoms with Crippen molar-refractivity contribution in [1.29, 1.82) is 0 Å². The van der Waals surface area contributed by atoms with Crippen molar-refractivity contribution in [3.8, 4) is 5.75 Å². The molecule has 1 fully saturated rings. The molecule has 1 saturated heterocycles. The molecule has 0 spiro atoms. The summed E-state index contributed by atoms with van der Waals surface area (Å²) >= 11 is -3.92. The van der Waals surface area contributed by atoms with Crippen LogP contribution in [0.15, 0.2) is 53.4 Å². The Labute approximate surface area is 261 Å². The number of halogens is 2. The van der Waals surface area contributed by atoms with Crippen molar-refractivity contribution in [3.05, 3.63) is 81.9 Å². The number of hydrogen-bond donors (Lipinski definition) is 0. The van der Waals surface area contributed by atoms with Crippen molar-refractivity contribution >= 4 is 49.7 Å². The second-order valence-corrected chi connectivity index (χ2v) is 22.7. The second-order valence-electron chi connectivity index (χ2n) is 11.3. The zero-order valence-corrected chi connectivity index (χ0v) is 29.8. The van der Waals surface area contributed by atoms with Crippen molar-refractivity contribution in [2.75, 3.05) is 37.0 Å². The zero-order chi connectivity index (χ0) is 31.1. The van der Waals surface area contributed by atoms with Crippen LogP contribution in [0.5, 0.6) is 5.75 Å². The van der Waals surface area contributed by atoms with E-state index in [1.165, 1.54) is 29.5 Å². The van der Waals surface area contributed by atoms with Crippen LogP contribution in [0.3, 0.4) is 0 Å². The number of anilines is 2. The van der Waals surface area contributed by atoms with Crippen LogP contribution >= 0.6 is 19.4 Å². The van der Waals surface area contributed by atoms with Gasteiger partial charge in [0.1, 0.15) is 0 Å². The number of rotatable bonds is 7. The third-order valence-electron chi connectivity index (χ3n) is 7.10. The van der Waals surface area contributed by atoms with E-state index in [0.717, 1.165) is 32.4 Å². The summed E-state index contributed by atoms with van der Waals surface area (Å²) in [6, 6.07) is 15.6. The Morgan fingerprint density at radius 3 is 2.02 bits per heavy atom. The molecule has 1 aliphatic rings. The Morgan fingerprint density at radius 1 is 0.857 bits per heavy atom. The van der Waals surface area contributed by atoms with E-state index >= 15 is 0 Å².